The Bertz CT molecular complexity index is 657. The molecule has 0 saturated heterocycles. The van der Waals surface area contributed by atoms with E-state index in [0.717, 1.165) is 5.75 Å². The van der Waals surface area contributed by atoms with E-state index in [0.29, 0.717) is 33.7 Å². The van der Waals surface area contributed by atoms with Gasteiger partial charge in [-0.1, -0.05) is 34.8 Å². The van der Waals surface area contributed by atoms with Gasteiger partial charge in [-0.05, 0) is 25.1 Å². The molecule has 0 unspecified atom stereocenters. The van der Waals surface area contributed by atoms with Gasteiger partial charge in [-0.2, -0.15) is 0 Å². The monoisotopic (exact) mass is 393 g/mol. The Morgan fingerprint density at radius 1 is 1.48 bits per heavy atom. The summed E-state index contributed by atoms with van der Waals surface area (Å²) in [6.07, 6.45) is 1.49. The molecule has 0 aliphatic carbocycles. The molecule has 0 saturated carbocycles. The van der Waals surface area contributed by atoms with E-state index in [2.05, 4.69) is 5.32 Å². The first-order chi connectivity index (χ1) is 11.0. The molecule has 1 heterocycles. The summed E-state index contributed by atoms with van der Waals surface area (Å²) in [6.45, 7) is 2.57. The number of carbonyl (C=O) groups is 1. The average molecular weight is 395 g/mol. The van der Waals surface area contributed by atoms with Gasteiger partial charge in [0.15, 0.2) is 0 Å². The lowest BCUT2D eigenvalue weighted by Gasteiger charge is -2.18. The van der Waals surface area contributed by atoms with E-state index in [1.165, 1.54) is 17.8 Å². The first-order valence-electron chi connectivity index (χ1n) is 6.68. The molecule has 1 aliphatic rings. The largest absolute Gasteiger partial charge is 0.496 e. The summed E-state index contributed by atoms with van der Waals surface area (Å²) >= 11 is 18.6. The SMILES string of the molecule is CC1=C(C(=O)Nc2ccc(Cl)c(OCC=C(Cl)Cl)c2)SCCO1. The van der Waals surface area contributed by atoms with Crippen molar-refractivity contribution < 1.29 is 14.3 Å². The van der Waals surface area contributed by atoms with Crippen LogP contribution in [-0.4, -0.2) is 24.9 Å². The molecule has 1 aromatic rings. The second kappa shape index (κ2) is 8.73. The molecule has 0 atom stereocenters. The zero-order chi connectivity index (χ0) is 16.8. The highest BCUT2D eigenvalue weighted by Gasteiger charge is 2.19. The van der Waals surface area contributed by atoms with Gasteiger partial charge >= 0.3 is 0 Å². The van der Waals surface area contributed by atoms with E-state index in [4.69, 9.17) is 44.3 Å². The highest BCUT2D eigenvalue weighted by Crippen LogP contribution is 2.30. The van der Waals surface area contributed by atoms with Crippen molar-refractivity contribution in [2.24, 2.45) is 0 Å². The second-order valence-corrected chi connectivity index (χ2v) is 7.01. The zero-order valence-corrected chi connectivity index (χ0v) is 15.3. The number of ether oxygens (including phenoxy) is 2. The van der Waals surface area contributed by atoms with Crippen LogP contribution >= 0.6 is 46.6 Å². The Labute approximate surface area is 153 Å². The van der Waals surface area contributed by atoms with Crippen LogP contribution in [0.15, 0.2) is 39.4 Å². The van der Waals surface area contributed by atoms with Crippen LogP contribution in [0.25, 0.3) is 0 Å². The highest BCUT2D eigenvalue weighted by atomic mass is 35.5. The van der Waals surface area contributed by atoms with Crippen molar-refractivity contribution in [3.8, 4) is 5.75 Å². The fraction of sp³-hybridized carbons (Fsp3) is 0.267. The standard InChI is InChI=1S/C15H14Cl3NO3S/c1-9-14(23-7-6-21-9)15(20)19-10-2-3-11(16)12(8-10)22-5-4-13(17)18/h2-4,8H,5-7H2,1H3,(H,19,20). The Morgan fingerprint density at radius 2 is 2.26 bits per heavy atom. The first-order valence-corrected chi connectivity index (χ1v) is 8.80. The van der Waals surface area contributed by atoms with Crippen molar-refractivity contribution in [1.29, 1.82) is 0 Å². The minimum atomic E-state index is -0.218. The van der Waals surface area contributed by atoms with E-state index in [-0.39, 0.29) is 17.0 Å². The number of allylic oxidation sites excluding steroid dienone is 1. The molecule has 1 aromatic carbocycles. The van der Waals surface area contributed by atoms with Crippen LogP contribution in [0.1, 0.15) is 6.92 Å². The Balaban J connectivity index is 2.08. The number of thioether (sulfide) groups is 1. The minimum Gasteiger partial charge on any atom is -0.496 e. The van der Waals surface area contributed by atoms with Gasteiger partial charge in [-0.25, -0.2) is 0 Å². The van der Waals surface area contributed by atoms with Crippen LogP contribution in [0.5, 0.6) is 5.75 Å². The Kier molecular flexibility index (Phi) is 6.96. The molecule has 0 radical (unpaired) electrons. The predicted molar refractivity (Wildman–Crippen MR) is 96.5 cm³/mol. The summed E-state index contributed by atoms with van der Waals surface area (Å²) in [5.74, 6) is 1.59. The number of anilines is 1. The summed E-state index contributed by atoms with van der Waals surface area (Å²) in [4.78, 5) is 12.9. The highest BCUT2D eigenvalue weighted by molar-refractivity contribution is 8.04. The van der Waals surface area contributed by atoms with Gasteiger partial charge in [0.1, 0.15) is 27.5 Å². The molecule has 1 amide bonds. The van der Waals surface area contributed by atoms with Crippen molar-refractivity contribution in [1.82, 2.24) is 0 Å². The molecule has 124 valence electrons. The fourth-order valence-electron chi connectivity index (χ4n) is 1.81. The van der Waals surface area contributed by atoms with E-state index < -0.39 is 0 Å². The smallest absolute Gasteiger partial charge is 0.265 e. The lowest BCUT2D eigenvalue weighted by molar-refractivity contribution is -0.112. The summed E-state index contributed by atoms with van der Waals surface area (Å²) in [5, 5.41) is 3.23. The van der Waals surface area contributed by atoms with Gasteiger partial charge in [-0.3, -0.25) is 4.79 Å². The minimum absolute atomic E-state index is 0.113. The van der Waals surface area contributed by atoms with Crippen molar-refractivity contribution in [3.63, 3.8) is 0 Å². The molecular weight excluding hydrogens is 381 g/mol. The molecule has 0 aromatic heterocycles. The quantitative estimate of drug-likeness (QED) is 0.766. The van der Waals surface area contributed by atoms with Gasteiger partial charge in [0.05, 0.1) is 11.6 Å². The number of benzene rings is 1. The molecule has 1 aliphatic heterocycles. The van der Waals surface area contributed by atoms with Crippen molar-refractivity contribution in [3.05, 3.63) is 44.5 Å². The third kappa shape index (κ3) is 5.53. The van der Waals surface area contributed by atoms with Crippen LogP contribution in [-0.2, 0) is 9.53 Å². The fourth-order valence-corrected chi connectivity index (χ4v) is 2.92. The van der Waals surface area contributed by atoms with Crippen LogP contribution < -0.4 is 10.1 Å². The topological polar surface area (TPSA) is 47.6 Å². The van der Waals surface area contributed by atoms with Crippen molar-refractivity contribution in [2.45, 2.75) is 6.92 Å². The van der Waals surface area contributed by atoms with Crippen molar-refractivity contribution >= 4 is 58.2 Å². The maximum atomic E-state index is 12.3. The number of nitrogens with one attached hydrogen (secondary N) is 1. The summed E-state index contributed by atoms with van der Waals surface area (Å²) in [5.41, 5.74) is 0.571. The molecule has 0 fully saturated rings. The van der Waals surface area contributed by atoms with Crippen LogP contribution in [0.3, 0.4) is 0 Å². The molecule has 8 heteroatoms. The number of hydrogen-bond acceptors (Lipinski definition) is 4. The van der Waals surface area contributed by atoms with Gasteiger partial charge in [0.25, 0.3) is 5.91 Å². The van der Waals surface area contributed by atoms with E-state index in [1.807, 2.05) is 0 Å². The van der Waals surface area contributed by atoms with Gasteiger partial charge < -0.3 is 14.8 Å². The van der Waals surface area contributed by atoms with Gasteiger partial charge in [0.2, 0.25) is 0 Å². The van der Waals surface area contributed by atoms with Crippen LogP contribution in [0, 0.1) is 0 Å². The molecular formula is C15H14Cl3NO3S. The Hall–Kier alpha value is -1.01. The number of rotatable bonds is 5. The third-order valence-electron chi connectivity index (χ3n) is 2.84. The third-order valence-corrected chi connectivity index (χ3v) is 4.59. The normalized spacial score (nSPS) is 14.1. The summed E-state index contributed by atoms with van der Waals surface area (Å²) < 4.78 is 11.0. The lowest BCUT2D eigenvalue weighted by Crippen LogP contribution is -2.18. The Morgan fingerprint density at radius 3 is 2.96 bits per heavy atom. The molecule has 1 N–H and O–H groups in total. The number of hydrogen-bond donors (Lipinski definition) is 1. The van der Waals surface area contributed by atoms with Crippen LogP contribution in [0.2, 0.25) is 5.02 Å². The maximum absolute atomic E-state index is 12.3. The van der Waals surface area contributed by atoms with E-state index >= 15 is 0 Å². The zero-order valence-electron chi connectivity index (χ0n) is 12.2. The summed E-state index contributed by atoms with van der Waals surface area (Å²) in [7, 11) is 0. The molecule has 0 spiro atoms. The molecule has 23 heavy (non-hydrogen) atoms. The van der Waals surface area contributed by atoms with E-state index in [1.54, 1.807) is 25.1 Å². The van der Waals surface area contributed by atoms with Gasteiger partial charge in [0, 0.05) is 17.5 Å². The molecule has 0 bridgehead atoms. The molecule has 2 rings (SSSR count). The van der Waals surface area contributed by atoms with Crippen molar-refractivity contribution in [2.75, 3.05) is 24.3 Å². The maximum Gasteiger partial charge on any atom is 0.265 e. The lowest BCUT2D eigenvalue weighted by atomic mass is 10.3. The average Bonchev–Trinajstić information content (AvgIpc) is 2.50. The van der Waals surface area contributed by atoms with Crippen LogP contribution in [0.4, 0.5) is 5.69 Å². The molecule has 4 nitrogen and oxygen atoms in total. The summed E-state index contributed by atoms with van der Waals surface area (Å²) in [6, 6.07) is 4.98. The first kappa shape index (κ1) is 18.3. The number of halogens is 3. The van der Waals surface area contributed by atoms with E-state index in [9.17, 15) is 4.79 Å². The van der Waals surface area contributed by atoms with Gasteiger partial charge in [-0.15, -0.1) is 11.8 Å². The number of carbonyl (C=O) groups excluding carboxylic acids is 1. The number of amides is 1. The second-order valence-electron chi connectivity index (χ2n) is 4.49. The predicted octanol–water partition coefficient (Wildman–Crippen LogP) is 4.97.